The summed E-state index contributed by atoms with van der Waals surface area (Å²) in [5.74, 6) is 1.23. The Bertz CT molecular complexity index is 1310. The highest BCUT2D eigenvalue weighted by Crippen LogP contribution is 2.39. The van der Waals surface area contributed by atoms with Crippen molar-refractivity contribution in [3.05, 3.63) is 89.1 Å². The van der Waals surface area contributed by atoms with Crippen molar-refractivity contribution in [1.82, 2.24) is 9.88 Å². The summed E-state index contributed by atoms with van der Waals surface area (Å²) in [4.78, 5) is 19.1. The fourth-order valence-electron chi connectivity index (χ4n) is 4.65. The number of methoxy groups -OCH3 is 2. The number of aryl methyl sites for hydroxylation is 1. The molecule has 3 aromatic carbocycles. The summed E-state index contributed by atoms with van der Waals surface area (Å²) in [5.41, 5.74) is 6.27. The largest absolute Gasteiger partial charge is 0.497 e. The average molecular weight is 442 g/mol. The zero-order chi connectivity index (χ0) is 22.9. The number of carbonyl (C=O) groups is 1. The van der Waals surface area contributed by atoms with E-state index in [9.17, 15) is 4.79 Å². The van der Waals surface area contributed by atoms with Crippen LogP contribution in [0.25, 0.3) is 10.9 Å². The second-order valence-corrected chi connectivity index (χ2v) is 8.32. The van der Waals surface area contributed by atoms with Crippen LogP contribution in [0, 0.1) is 6.92 Å². The van der Waals surface area contributed by atoms with Crippen LogP contribution in [0.2, 0.25) is 0 Å². The summed E-state index contributed by atoms with van der Waals surface area (Å²) < 4.78 is 10.8. The maximum absolute atomic E-state index is 13.6. The van der Waals surface area contributed by atoms with E-state index in [1.54, 1.807) is 32.4 Å². The van der Waals surface area contributed by atoms with Crippen molar-refractivity contribution in [3.8, 4) is 11.5 Å². The van der Waals surface area contributed by atoms with E-state index in [1.165, 1.54) is 16.5 Å². The lowest BCUT2D eigenvalue weighted by atomic mass is 9.92. The molecular weight excluding hydrogens is 414 g/mol. The first-order valence-corrected chi connectivity index (χ1v) is 11.0. The molecule has 0 fully saturated rings. The van der Waals surface area contributed by atoms with Crippen LogP contribution in [-0.4, -0.2) is 36.7 Å². The normalized spacial score (nSPS) is 15.2. The molecule has 33 heavy (non-hydrogen) atoms. The number of fused-ring (bicyclic) bond motifs is 3. The van der Waals surface area contributed by atoms with Crippen molar-refractivity contribution in [2.24, 2.45) is 0 Å². The number of nitrogens with zero attached hydrogens (tertiary/aromatic N) is 1. The Hall–Kier alpha value is -3.93. The minimum atomic E-state index is -0.224. The van der Waals surface area contributed by atoms with E-state index in [-0.39, 0.29) is 12.1 Å². The number of benzene rings is 3. The molecule has 1 aliphatic heterocycles. The predicted octanol–water partition coefficient (Wildman–Crippen LogP) is 5.67. The van der Waals surface area contributed by atoms with Gasteiger partial charge in [-0.25, -0.2) is 4.79 Å². The smallest absolute Gasteiger partial charge is 0.322 e. The molecule has 0 bridgehead atoms. The van der Waals surface area contributed by atoms with Crippen molar-refractivity contribution in [1.29, 1.82) is 0 Å². The van der Waals surface area contributed by atoms with E-state index in [2.05, 4.69) is 59.7 Å². The number of urea groups is 1. The zero-order valence-electron chi connectivity index (χ0n) is 19.0. The number of para-hydroxylation sites is 1. The lowest BCUT2D eigenvalue weighted by molar-refractivity contribution is 0.193. The van der Waals surface area contributed by atoms with Crippen molar-refractivity contribution < 1.29 is 14.3 Å². The summed E-state index contributed by atoms with van der Waals surface area (Å²) in [7, 11) is 3.19. The second-order valence-electron chi connectivity index (χ2n) is 8.32. The molecule has 1 unspecified atom stereocenters. The van der Waals surface area contributed by atoms with Crippen molar-refractivity contribution in [2.75, 3.05) is 26.1 Å². The highest BCUT2D eigenvalue weighted by Gasteiger charge is 2.34. The fourth-order valence-corrected chi connectivity index (χ4v) is 4.65. The van der Waals surface area contributed by atoms with E-state index < -0.39 is 0 Å². The Labute approximate surface area is 193 Å². The van der Waals surface area contributed by atoms with E-state index in [0.29, 0.717) is 23.7 Å². The molecule has 1 aromatic heterocycles. The number of anilines is 1. The SMILES string of the molecule is COc1ccc(OC)c(NC(=O)N2CCc3c([nH]c4ccccc34)C2c2ccc(C)cc2)c1. The van der Waals surface area contributed by atoms with Crippen LogP contribution < -0.4 is 14.8 Å². The molecule has 0 saturated heterocycles. The topological polar surface area (TPSA) is 66.6 Å². The number of ether oxygens (including phenoxy) is 2. The maximum atomic E-state index is 13.6. The van der Waals surface area contributed by atoms with Gasteiger partial charge in [-0.15, -0.1) is 0 Å². The number of rotatable bonds is 4. The first-order chi connectivity index (χ1) is 16.1. The number of aromatic nitrogens is 1. The second kappa shape index (κ2) is 8.54. The van der Waals surface area contributed by atoms with Gasteiger partial charge in [0, 0.05) is 29.2 Å². The number of H-pyrrole nitrogens is 1. The quantitative estimate of drug-likeness (QED) is 0.429. The number of carbonyl (C=O) groups excluding carboxylic acids is 1. The number of amides is 2. The predicted molar refractivity (Wildman–Crippen MR) is 130 cm³/mol. The Kier molecular flexibility index (Phi) is 5.42. The molecule has 2 N–H and O–H groups in total. The molecule has 5 rings (SSSR count). The van der Waals surface area contributed by atoms with Gasteiger partial charge in [-0.2, -0.15) is 0 Å². The third-order valence-electron chi connectivity index (χ3n) is 6.34. The van der Waals surface area contributed by atoms with Crippen LogP contribution in [0.3, 0.4) is 0 Å². The van der Waals surface area contributed by atoms with E-state index in [4.69, 9.17) is 9.47 Å². The molecule has 2 heterocycles. The third kappa shape index (κ3) is 3.78. The molecule has 2 amide bonds. The van der Waals surface area contributed by atoms with Crippen LogP contribution >= 0.6 is 0 Å². The molecule has 0 spiro atoms. The molecular formula is C27H27N3O3. The Morgan fingerprint density at radius 3 is 2.58 bits per heavy atom. The molecule has 6 nitrogen and oxygen atoms in total. The molecule has 0 aliphatic carbocycles. The fraction of sp³-hybridized carbons (Fsp3) is 0.222. The average Bonchev–Trinajstić information content (AvgIpc) is 3.22. The number of hydrogen-bond donors (Lipinski definition) is 2. The molecule has 4 aromatic rings. The van der Waals surface area contributed by atoms with E-state index >= 15 is 0 Å². The van der Waals surface area contributed by atoms with Crippen LogP contribution in [-0.2, 0) is 6.42 Å². The number of nitrogens with one attached hydrogen (secondary N) is 2. The van der Waals surface area contributed by atoms with Gasteiger partial charge in [0.2, 0.25) is 0 Å². The molecule has 0 saturated carbocycles. The monoisotopic (exact) mass is 441 g/mol. The summed E-state index contributed by atoms with van der Waals surface area (Å²) in [6.45, 7) is 2.67. The van der Waals surface area contributed by atoms with Gasteiger partial charge in [-0.05, 0) is 42.7 Å². The molecule has 168 valence electrons. The van der Waals surface area contributed by atoms with Crippen molar-refractivity contribution in [3.63, 3.8) is 0 Å². The molecule has 1 aliphatic rings. The van der Waals surface area contributed by atoms with Crippen LogP contribution in [0.4, 0.5) is 10.5 Å². The number of hydrogen-bond acceptors (Lipinski definition) is 3. The van der Waals surface area contributed by atoms with Crippen LogP contribution in [0.5, 0.6) is 11.5 Å². The Morgan fingerprint density at radius 1 is 1.03 bits per heavy atom. The van der Waals surface area contributed by atoms with Gasteiger partial charge in [0.15, 0.2) is 0 Å². The van der Waals surface area contributed by atoms with Gasteiger partial charge < -0.3 is 24.7 Å². The zero-order valence-corrected chi connectivity index (χ0v) is 19.0. The highest BCUT2D eigenvalue weighted by atomic mass is 16.5. The van der Waals surface area contributed by atoms with E-state index in [1.807, 2.05) is 11.0 Å². The van der Waals surface area contributed by atoms with Gasteiger partial charge in [-0.1, -0.05) is 48.0 Å². The summed E-state index contributed by atoms with van der Waals surface area (Å²) >= 11 is 0. The first kappa shape index (κ1) is 20.9. The Morgan fingerprint density at radius 2 is 1.82 bits per heavy atom. The van der Waals surface area contributed by atoms with Crippen LogP contribution in [0.15, 0.2) is 66.7 Å². The Balaban J connectivity index is 1.56. The minimum Gasteiger partial charge on any atom is -0.497 e. The standard InChI is InChI=1S/C27H27N3O3/c1-17-8-10-18(11-9-17)26-25-21(20-6-4-5-7-22(20)28-25)14-15-30(26)27(31)29-23-16-19(32-2)12-13-24(23)33-3/h4-13,16,26,28H,14-15H2,1-3H3,(H,29,31). The lowest BCUT2D eigenvalue weighted by Gasteiger charge is -2.36. The number of aromatic amines is 1. The summed E-state index contributed by atoms with van der Waals surface area (Å²) in [6.07, 6.45) is 0.782. The maximum Gasteiger partial charge on any atom is 0.322 e. The lowest BCUT2D eigenvalue weighted by Crippen LogP contribution is -2.43. The molecule has 0 radical (unpaired) electrons. The van der Waals surface area contributed by atoms with E-state index in [0.717, 1.165) is 23.2 Å². The van der Waals surface area contributed by atoms with Gasteiger partial charge in [0.1, 0.15) is 11.5 Å². The van der Waals surface area contributed by atoms with Crippen molar-refractivity contribution >= 4 is 22.6 Å². The highest BCUT2D eigenvalue weighted by molar-refractivity contribution is 5.93. The van der Waals surface area contributed by atoms with Gasteiger partial charge in [-0.3, -0.25) is 0 Å². The van der Waals surface area contributed by atoms with Crippen LogP contribution in [0.1, 0.15) is 28.4 Å². The molecule has 1 atom stereocenters. The van der Waals surface area contributed by atoms with Crippen molar-refractivity contribution in [2.45, 2.75) is 19.4 Å². The van der Waals surface area contributed by atoms with Gasteiger partial charge in [0.05, 0.1) is 25.9 Å². The third-order valence-corrected chi connectivity index (χ3v) is 6.34. The minimum absolute atomic E-state index is 0.184. The van der Waals surface area contributed by atoms with Gasteiger partial charge >= 0.3 is 6.03 Å². The first-order valence-electron chi connectivity index (χ1n) is 11.0. The molecule has 6 heteroatoms. The van der Waals surface area contributed by atoms with Gasteiger partial charge in [0.25, 0.3) is 0 Å². The summed E-state index contributed by atoms with van der Waals surface area (Å²) in [5, 5.41) is 4.27. The summed E-state index contributed by atoms with van der Waals surface area (Å²) in [6, 6.07) is 21.7.